The molecule has 1 aromatic heterocycles. The van der Waals surface area contributed by atoms with Crippen LogP contribution in [0.15, 0.2) is 42.6 Å². The lowest BCUT2D eigenvalue weighted by Crippen LogP contribution is -2.45. The van der Waals surface area contributed by atoms with Gasteiger partial charge in [0.1, 0.15) is 11.5 Å². The number of hydrogen-bond donors (Lipinski definition) is 1. The van der Waals surface area contributed by atoms with E-state index in [-0.39, 0.29) is 17.9 Å². The third-order valence-electron chi connectivity index (χ3n) is 6.65. The fraction of sp³-hybridized carbons (Fsp3) is 0.458. The minimum atomic E-state index is -0.259. The number of nitrogens with one attached hydrogen (secondary N) is 1. The van der Waals surface area contributed by atoms with Crippen molar-refractivity contribution in [2.24, 2.45) is 5.92 Å². The summed E-state index contributed by atoms with van der Waals surface area (Å²) in [7, 11) is 0. The highest BCUT2D eigenvalue weighted by molar-refractivity contribution is 6.33. The normalized spacial score (nSPS) is 21.8. The van der Waals surface area contributed by atoms with Gasteiger partial charge in [0.25, 0.3) is 5.91 Å². The number of benzene rings is 1. The number of anilines is 1. The molecule has 0 unspecified atom stereocenters. The van der Waals surface area contributed by atoms with E-state index in [9.17, 15) is 9.59 Å². The molecule has 7 nitrogen and oxygen atoms in total. The molecule has 2 aliphatic heterocycles. The Labute approximate surface area is 193 Å². The zero-order chi connectivity index (χ0) is 22.2. The number of carbonyl (C=O) groups excluding carboxylic acids is 2. The van der Waals surface area contributed by atoms with Crippen LogP contribution in [0.3, 0.4) is 0 Å². The molecule has 8 heteroatoms. The number of carbonyl (C=O) groups is 2. The molecule has 1 aromatic carbocycles. The second-order valence-electron chi connectivity index (χ2n) is 9.01. The number of hydrogen-bond acceptors (Lipinski definition) is 4. The number of halogens is 1. The Morgan fingerprint density at radius 2 is 2.03 bits per heavy atom. The zero-order valence-electron chi connectivity index (χ0n) is 18.2. The standard InChI is InChI=1S/C24H28ClN5O2/c1-16-14-29(23(31)10-9-20(17-7-8-17)28-11-4-12-28)15-22-26-13-21(30(16)22)24(32)27-19-6-3-2-5-18(19)25/h2-3,5-6,9-10,13,16-17,20H,4,7-8,11-12,14-15H2,1H3,(H,27,32)/b10-9+/t16-,20+/m0/s1. The highest BCUT2D eigenvalue weighted by atomic mass is 35.5. The molecule has 2 fully saturated rings. The summed E-state index contributed by atoms with van der Waals surface area (Å²) in [4.78, 5) is 34.6. The first-order valence-corrected chi connectivity index (χ1v) is 11.7. The number of para-hydroxylation sites is 1. The van der Waals surface area contributed by atoms with Crippen molar-refractivity contribution in [3.63, 3.8) is 0 Å². The molecule has 2 atom stereocenters. The maximum Gasteiger partial charge on any atom is 0.273 e. The number of fused-ring (bicyclic) bond motifs is 1. The second-order valence-corrected chi connectivity index (χ2v) is 9.42. The van der Waals surface area contributed by atoms with Crippen LogP contribution < -0.4 is 5.32 Å². The molecule has 1 saturated heterocycles. The lowest BCUT2D eigenvalue weighted by atomic mass is 10.0. The highest BCUT2D eigenvalue weighted by Crippen LogP contribution is 2.37. The molecule has 2 amide bonds. The van der Waals surface area contributed by atoms with Crippen molar-refractivity contribution >= 4 is 29.1 Å². The van der Waals surface area contributed by atoms with E-state index in [4.69, 9.17) is 11.6 Å². The van der Waals surface area contributed by atoms with Crippen molar-refractivity contribution in [1.29, 1.82) is 0 Å². The van der Waals surface area contributed by atoms with E-state index in [1.54, 1.807) is 24.4 Å². The van der Waals surface area contributed by atoms with Gasteiger partial charge in [-0.25, -0.2) is 4.98 Å². The van der Waals surface area contributed by atoms with Gasteiger partial charge < -0.3 is 14.8 Å². The van der Waals surface area contributed by atoms with Gasteiger partial charge in [0.15, 0.2) is 0 Å². The summed E-state index contributed by atoms with van der Waals surface area (Å²) in [5, 5.41) is 3.34. The number of likely N-dealkylation sites (tertiary alicyclic amines) is 1. The summed E-state index contributed by atoms with van der Waals surface area (Å²) in [6.07, 6.45) is 9.21. The molecular formula is C24H28ClN5O2. The van der Waals surface area contributed by atoms with E-state index >= 15 is 0 Å². The Morgan fingerprint density at radius 1 is 1.25 bits per heavy atom. The van der Waals surface area contributed by atoms with E-state index in [2.05, 4.69) is 21.3 Å². The van der Waals surface area contributed by atoms with E-state index in [0.717, 1.165) is 18.9 Å². The van der Waals surface area contributed by atoms with Gasteiger partial charge in [-0.15, -0.1) is 0 Å². The number of imidazole rings is 1. The van der Waals surface area contributed by atoms with Crippen LogP contribution in [0.4, 0.5) is 5.69 Å². The van der Waals surface area contributed by atoms with Crippen LogP contribution in [-0.2, 0) is 11.3 Å². The largest absolute Gasteiger partial charge is 0.330 e. The van der Waals surface area contributed by atoms with Crippen molar-refractivity contribution in [3.05, 3.63) is 59.2 Å². The van der Waals surface area contributed by atoms with Gasteiger partial charge in [0, 0.05) is 18.7 Å². The fourth-order valence-corrected chi connectivity index (χ4v) is 4.85. The molecule has 2 aromatic rings. The molecule has 0 bridgehead atoms. The molecule has 32 heavy (non-hydrogen) atoms. The maximum atomic E-state index is 12.9. The van der Waals surface area contributed by atoms with Crippen molar-refractivity contribution in [2.75, 3.05) is 25.0 Å². The molecule has 3 aliphatic rings. The van der Waals surface area contributed by atoms with E-state index < -0.39 is 0 Å². The van der Waals surface area contributed by atoms with Gasteiger partial charge in [-0.3, -0.25) is 14.5 Å². The third kappa shape index (κ3) is 4.19. The van der Waals surface area contributed by atoms with E-state index in [1.165, 1.54) is 19.3 Å². The fourth-order valence-electron chi connectivity index (χ4n) is 4.67. The predicted octanol–water partition coefficient (Wildman–Crippen LogP) is 3.73. The van der Waals surface area contributed by atoms with Crippen LogP contribution in [0.2, 0.25) is 5.02 Å². The van der Waals surface area contributed by atoms with Crippen LogP contribution >= 0.6 is 11.6 Å². The van der Waals surface area contributed by atoms with Crippen molar-refractivity contribution in [1.82, 2.24) is 19.4 Å². The number of aromatic nitrogens is 2. The Kier molecular flexibility index (Phi) is 5.78. The monoisotopic (exact) mass is 453 g/mol. The van der Waals surface area contributed by atoms with Crippen molar-refractivity contribution in [2.45, 2.75) is 44.8 Å². The average molecular weight is 454 g/mol. The summed E-state index contributed by atoms with van der Waals surface area (Å²) in [5.41, 5.74) is 1.04. The van der Waals surface area contributed by atoms with Crippen LogP contribution in [-0.4, -0.2) is 56.8 Å². The summed E-state index contributed by atoms with van der Waals surface area (Å²) in [5.74, 6) is 1.18. The molecule has 1 aliphatic carbocycles. The molecule has 1 N–H and O–H groups in total. The second kappa shape index (κ2) is 8.71. The maximum absolute atomic E-state index is 12.9. The Hall–Kier alpha value is -2.64. The Balaban J connectivity index is 1.27. The quantitative estimate of drug-likeness (QED) is 0.676. The minimum absolute atomic E-state index is 0.0133. The molecule has 0 radical (unpaired) electrons. The zero-order valence-corrected chi connectivity index (χ0v) is 19.0. The van der Waals surface area contributed by atoms with E-state index in [0.29, 0.717) is 41.5 Å². The summed E-state index contributed by atoms with van der Waals surface area (Å²) in [6.45, 7) is 5.21. The van der Waals surface area contributed by atoms with Gasteiger partial charge in [0.2, 0.25) is 5.91 Å². The van der Waals surface area contributed by atoms with E-state index in [1.807, 2.05) is 28.5 Å². The predicted molar refractivity (Wildman–Crippen MR) is 124 cm³/mol. The van der Waals surface area contributed by atoms with Crippen LogP contribution in [0, 0.1) is 5.92 Å². The van der Waals surface area contributed by atoms with Crippen LogP contribution in [0.25, 0.3) is 0 Å². The van der Waals surface area contributed by atoms with Gasteiger partial charge in [0.05, 0.1) is 29.5 Å². The third-order valence-corrected chi connectivity index (χ3v) is 6.98. The van der Waals surface area contributed by atoms with Gasteiger partial charge in [-0.05, 0) is 57.3 Å². The topological polar surface area (TPSA) is 70.5 Å². The lowest BCUT2D eigenvalue weighted by Gasteiger charge is -2.37. The first kappa shape index (κ1) is 21.2. The van der Waals surface area contributed by atoms with Crippen molar-refractivity contribution < 1.29 is 9.59 Å². The Bertz CT molecular complexity index is 1060. The highest BCUT2D eigenvalue weighted by Gasteiger charge is 2.36. The van der Waals surface area contributed by atoms with Crippen LogP contribution in [0.1, 0.15) is 48.5 Å². The molecule has 5 rings (SSSR count). The minimum Gasteiger partial charge on any atom is -0.330 e. The first-order chi connectivity index (χ1) is 15.5. The smallest absolute Gasteiger partial charge is 0.273 e. The van der Waals surface area contributed by atoms with Crippen molar-refractivity contribution in [3.8, 4) is 0 Å². The number of amides is 2. The lowest BCUT2D eigenvalue weighted by molar-refractivity contribution is -0.128. The van der Waals surface area contributed by atoms with Gasteiger partial charge >= 0.3 is 0 Å². The molecule has 1 saturated carbocycles. The Morgan fingerprint density at radius 3 is 2.72 bits per heavy atom. The number of nitrogens with zero attached hydrogens (tertiary/aromatic N) is 4. The first-order valence-electron chi connectivity index (χ1n) is 11.3. The van der Waals surface area contributed by atoms with Crippen LogP contribution in [0.5, 0.6) is 0 Å². The SMILES string of the molecule is C[C@H]1CN(C(=O)/C=C/[C@H](C2CC2)N2CCC2)Cc2ncc(C(=O)Nc3ccccc3Cl)n21. The molecule has 0 spiro atoms. The summed E-state index contributed by atoms with van der Waals surface area (Å²) < 4.78 is 1.92. The molecular weight excluding hydrogens is 426 g/mol. The van der Waals surface area contributed by atoms with Gasteiger partial charge in [-0.1, -0.05) is 29.8 Å². The summed E-state index contributed by atoms with van der Waals surface area (Å²) in [6, 6.07) is 7.48. The van der Waals surface area contributed by atoms with Gasteiger partial charge in [-0.2, -0.15) is 0 Å². The average Bonchev–Trinajstić information content (AvgIpc) is 3.49. The summed E-state index contributed by atoms with van der Waals surface area (Å²) >= 11 is 6.17. The molecule has 168 valence electrons. The number of rotatable bonds is 6. The molecule has 3 heterocycles.